The molecule has 1 unspecified atom stereocenters. The number of nitrogens with one attached hydrogen (secondary N) is 1. The summed E-state index contributed by atoms with van der Waals surface area (Å²) in [5.41, 5.74) is 2.69. The summed E-state index contributed by atoms with van der Waals surface area (Å²) >= 11 is 7.52. The van der Waals surface area contributed by atoms with Crippen LogP contribution in [0.1, 0.15) is 28.3 Å². The summed E-state index contributed by atoms with van der Waals surface area (Å²) in [7, 11) is 1.34. The van der Waals surface area contributed by atoms with Crippen LogP contribution in [-0.2, 0) is 4.74 Å². The first kappa shape index (κ1) is 19.4. The molecule has 0 amide bonds. The molecule has 1 aromatic heterocycles. The highest BCUT2D eigenvalue weighted by Gasteiger charge is 2.27. The van der Waals surface area contributed by atoms with Crippen LogP contribution in [0, 0.1) is 0 Å². The van der Waals surface area contributed by atoms with Crippen LogP contribution < -0.4 is 15.0 Å². The Morgan fingerprint density at radius 1 is 1.28 bits per heavy atom. The third kappa shape index (κ3) is 3.59. The van der Waals surface area contributed by atoms with E-state index in [-0.39, 0.29) is 10.8 Å². The van der Waals surface area contributed by atoms with Crippen LogP contribution in [0.3, 0.4) is 0 Å². The molecule has 29 heavy (non-hydrogen) atoms. The number of ether oxygens (including phenoxy) is 2. The normalized spacial score (nSPS) is 13.6. The van der Waals surface area contributed by atoms with Gasteiger partial charge in [0.15, 0.2) is 4.88 Å². The first-order valence-electron chi connectivity index (χ1n) is 8.96. The maximum absolute atomic E-state index is 12.4. The highest BCUT2D eigenvalue weighted by Crippen LogP contribution is 2.45. The third-order valence-electron chi connectivity index (χ3n) is 4.69. The number of fused-ring (bicyclic) bond motifs is 1. The van der Waals surface area contributed by atoms with Crippen LogP contribution in [-0.4, -0.2) is 24.9 Å². The lowest BCUT2D eigenvalue weighted by atomic mass is 10.1. The second kappa shape index (κ2) is 7.85. The Bertz CT molecular complexity index is 1070. The summed E-state index contributed by atoms with van der Waals surface area (Å²) in [5, 5.41) is 14.3. The van der Waals surface area contributed by atoms with E-state index < -0.39 is 12.1 Å². The Labute approximate surface area is 177 Å². The van der Waals surface area contributed by atoms with Gasteiger partial charge in [-0.2, -0.15) is 0 Å². The zero-order valence-electron chi connectivity index (χ0n) is 15.8. The predicted molar refractivity (Wildman–Crippen MR) is 115 cm³/mol. The molecule has 1 aliphatic heterocycles. The van der Waals surface area contributed by atoms with Crippen molar-refractivity contribution in [2.45, 2.75) is 13.0 Å². The number of phenols is 1. The quantitative estimate of drug-likeness (QED) is 0.517. The Morgan fingerprint density at radius 2 is 2.07 bits per heavy atom. The van der Waals surface area contributed by atoms with Gasteiger partial charge in [-0.05, 0) is 25.1 Å². The smallest absolute Gasteiger partial charge is 0.351 e. The van der Waals surface area contributed by atoms with E-state index in [2.05, 4.69) is 10.2 Å². The highest BCUT2D eigenvalue weighted by molar-refractivity contribution is 7.18. The third-order valence-corrected chi connectivity index (χ3v) is 6.23. The summed E-state index contributed by atoms with van der Waals surface area (Å²) in [5.74, 6) is -0.0717. The number of halogens is 1. The molecule has 2 heterocycles. The maximum atomic E-state index is 12.4. The topological polar surface area (TPSA) is 71.0 Å². The lowest BCUT2D eigenvalue weighted by Crippen LogP contribution is -2.15. The average Bonchev–Trinajstić information content (AvgIpc) is 3.33. The number of phenolic OH excluding ortho intramolecular Hbond substituents is 1. The number of rotatable bonds is 5. The van der Waals surface area contributed by atoms with Gasteiger partial charge in [0.2, 0.25) is 0 Å². The number of thiophene rings is 1. The number of esters is 1. The van der Waals surface area contributed by atoms with Crippen molar-refractivity contribution in [2.75, 3.05) is 24.0 Å². The van der Waals surface area contributed by atoms with Crippen molar-refractivity contribution in [2.24, 2.45) is 0 Å². The van der Waals surface area contributed by atoms with E-state index in [0.717, 1.165) is 16.4 Å². The molecule has 0 aliphatic carbocycles. The van der Waals surface area contributed by atoms with E-state index in [4.69, 9.17) is 21.1 Å². The Morgan fingerprint density at radius 3 is 2.86 bits per heavy atom. The van der Waals surface area contributed by atoms with Crippen molar-refractivity contribution in [3.05, 3.63) is 64.0 Å². The molecule has 0 spiro atoms. The molecule has 0 saturated carbocycles. The minimum absolute atomic E-state index is 0.0152. The van der Waals surface area contributed by atoms with Crippen LogP contribution >= 0.6 is 22.9 Å². The molecular weight excluding hydrogens is 412 g/mol. The van der Waals surface area contributed by atoms with E-state index in [9.17, 15) is 9.90 Å². The number of benzene rings is 2. The standard InChI is InChI=1S/C21H19ClN2O4S/c1-12(13-6-5-9-16(25)19(13)22)28-17-10-18(29-20(17)21(26)27-2)24-11-23-14-7-3-4-8-15(14)24/h3-10,12,23,25H,11H2,1-2H3. The van der Waals surface area contributed by atoms with E-state index in [0.29, 0.717) is 22.9 Å². The molecule has 4 rings (SSSR count). The average molecular weight is 431 g/mol. The van der Waals surface area contributed by atoms with Crippen LogP contribution in [0.5, 0.6) is 11.5 Å². The van der Waals surface area contributed by atoms with Crippen molar-refractivity contribution in [1.29, 1.82) is 0 Å². The zero-order chi connectivity index (χ0) is 20.5. The molecule has 1 aliphatic rings. The molecule has 8 heteroatoms. The van der Waals surface area contributed by atoms with Gasteiger partial charge in [-0.3, -0.25) is 0 Å². The summed E-state index contributed by atoms with van der Waals surface area (Å²) in [6, 6.07) is 14.8. The lowest BCUT2D eigenvalue weighted by molar-refractivity contribution is 0.0600. The van der Waals surface area contributed by atoms with Crippen molar-refractivity contribution in [1.82, 2.24) is 0 Å². The maximum Gasteiger partial charge on any atom is 0.351 e. The fraction of sp³-hybridized carbons (Fsp3) is 0.190. The van der Waals surface area contributed by atoms with Gasteiger partial charge in [0.25, 0.3) is 0 Å². The van der Waals surface area contributed by atoms with Crippen LogP contribution in [0.15, 0.2) is 48.5 Å². The number of nitrogens with zero attached hydrogens (tertiary/aromatic N) is 1. The fourth-order valence-electron chi connectivity index (χ4n) is 3.23. The summed E-state index contributed by atoms with van der Waals surface area (Å²) in [6.45, 7) is 2.40. The monoisotopic (exact) mass is 430 g/mol. The van der Waals surface area contributed by atoms with Crippen molar-refractivity contribution < 1.29 is 19.4 Å². The van der Waals surface area contributed by atoms with Gasteiger partial charge in [0, 0.05) is 11.6 Å². The van der Waals surface area contributed by atoms with Gasteiger partial charge in [-0.25, -0.2) is 4.79 Å². The molecule has 6 nitrogen and oxygen atoms in total. The zero-order valence-corrected chi connectivity index (χ0v) is 17.4. The highest BCUT2D eigenvalue weighted by atomic mass is 35.5. The van der Waals surface area contributed by atoms with Gasteiger partial charge >= 0.3 is 5.97 Å². The van der Waals surface area contributed by atoms with Crippen molar-refractivity contribution in [3.63, 3.8) is 0 Å². The van der Waals surface area contributed by atoms with Crippen molar-refractivity contribution >= 4 is 45.3 Å². The first-order valence-corrected chi connectivity index (χ1v) is 10.2. The van der Waals surface area contributed by atoms with Gasteiger partial charge in [0.1, 0.15) is 22.6 Å². The van der Waals surface area contributed by atoms with E-state index in [1.54, 1.807) is 12.1 Å². The second-order valence-electron chi connectivity index (χ2n) is 6.49. The summed E-state index contributed by atoms with van der Waals surface area (Å²) in [4.78, 5) is 14.8. The van der Waals surface area contributed by atoms with E-state index in [1.807, 2.05) is 37.3 Å². The van der Waals surface area contributed by atoms with Gasteiger partial charge < -0.3 is 24.8 Å². The number of para-hydroxylation sites is 2. The van der Waals surface area contributed by atoms with E-state index in [1.165, 1.54) is 24.5 Å². The molecule has 2 aromatic carbocycles. The Hall–Kier alpha value is -2.90. The Kier molecular flexibility index (Phi) is 5.25. The fourth-order valence-corrected chi connectivity index (χ4v) is 4.53. The molecule has 1 atom stereocenters. The van der Waals surface area contributed by atoms with Crippen molar-refractivity contribution in [3.8, 4) is 11.5 Å². The minimum Gasteiger partial charge on any atom is -0.506 e. The number of hydrogen-bond donors (Lipinski definition) is 2. The molecule has 0 fully saturated rings. The van der Waals surface area contributed by atoms with E-state index >= 15 is 0 Å². The molecule has 3 aromatic rings. The molecular formula is C21H19ClN2O4S. The van der Waals surface area contributed by atoms with Gasteiger partial charge in [0.05, 0.1) is 30.2 Å². The number of aromatic hydroxyl groups is 1. The Balaban J connectivity index is 1.68. The van der Waals surface area contributed by atoms with Gasteiger partial charge in [-0.1, -0.05) is 35.9 Å². The molecule has 2 N–H and O–H groups in total. The van der Waals surface area contributed by atoms with Gasteiger partial charge in [-0.15, -0.1) is 11.3 Å². The van der Waals surface area contributed by atoms with Crippen LogP contribution in [0.25, 0.3) is 0 Å². The SMILES string of the molecule is COC(=O)c1sc(N2CNc3ccccc32)cc1OC(C)c1cccc(O)c1Cl. The number of hydrogen-bond acceptors (Lipinski definition) is 7. The molecule has 0 radical (unpaired) electrons. The van der Waals surface area contributed by atoms with Crippen LogP contribution in [0.2, 0.25) is 5.02 Å². The largest absolute Gasteiger partial charge is 0.506 e. The lowest BCUT2D eigenvalue weighted by Gasteiger charge is -2.17. The number of carbonyl (C=O) groups excluding carboxylic acids is 1. The summed E-state index contributed by atoms with van der Waals surface area (Å²) < 4.78 is 11.0. The minimum atomic E-state index is -0.482. The number of anilines is 3. The van der Waals surface area contributed by atoms with Crippen LogP contribution in [0.4, 0.5) is 16.4 Å². The molecule has 0 saturated heterocycles. The first-order chi connectivity index (χ1) is 14.0. The molecule has 0 bridgehead atoms. The number of carbonyl (C=O) groups is 1. The summed E-state index contributed by atoms with van der Waals surface area (Å²) in [6.07, 6.45) is -0.482. The predicted octanol–water partition coefficient (Wildman–Crippen LogP) is 5.55. The number of methoxy groups -OCH3 is 1. The second-order valence-corrected chi connectivity index (χ2v) is 7.90. The molecule has 150 valence electrons.